The number of sulfonamides is 1. The highest BCUT2D eigenvalue weighted by atomic mass is 79.9. The average Bonchev–Trinajstić information content (AvgIpc) is 2.59. The van der Waals surface area contributed by atoms with Gasteiger partial charge in [0.2, 0.25) is 15.9 Å². The van der Waals surface area contributed by atoms with Crippen LogP contribution in [-0.2, 0) is 14.8 Å². The lowest BCUT2D eigenvalue weighted by Gasteiger charge is -2.23. The Hall–Kier alpha value is -2.38. The zero-order valence-corrected chi connectivity index (χ0v) is 16.4. The molecule has 0 saturated carbocycles. The molecule has 0 aliphatic rings. The summed E-state index contributed by atoms with van der Waals surface area (Å²) in [6, 6.07) is 20.3. The summed E-state index contributed by atoms with van der Waals surface area (Å²) in [5.41, 5.74) is 1.04. The SMILES string of the molecule is CS(=O)(=O)N(CC(=O)Nc1ccc2ccccc2c1)c1ccccc1Br. The first-order valence-electron chi connectivity index (χ1n) is 7.85. The van der Waals surface area contributed by atoms with Gasteiger partial charge in [0.15, 0.2) is 0 Å². The summed E-state index contributed by atoms with van der Waals surface area (Å²) in [6.45, 7) is -0.311. The fourth-order valence-electron chi connectivity index (χ4n) is 2.63. The standard InChI is InChI=1S/C19H17BrN2O3S/c1-26(24,25)22(18-9-5-4-8-17(18)20)13-19(23)21-16-11-10-14-6-2-3-7-15(14)12-16/h2-12H,13H2,1H3,(H,21,23). The van der Waals surface area contributed by atoms with Crippen LogP contribution >= 0.6 is 15.9 Å². The number of hydrogen-bond donors (Lipinski definition) is 1. The lowest BCUT2D eigenvalue weighted by Crippen LogP contribution is -2.37. The van der Waals surface area contributed by atoms with Crippen LogP contribution in [0.4, 0.5) is 11.4 Å². The van der Waals surface area contributed by atoms with Gasteiger partial charge in [-0.1, -0.05) is 42.5 Å². The lowest BCUT2D eigenvalue weighted by molar-refractivity contribution is -0.114. The maximum absolute atomic E-state index is 12.5. The first-order chi connectivity index (χ1) is 12.3. The highest BCUT2D eigenvalue weighted by Gasteiger charge is 2.22. The quantitative estimate of drug-likeness (QED) is 0.662. The number of carbonyl (C=O) groups is 1. The second-order valence-corrected chi connectivity index (χ2v) is 8.59. The Morgan fingerprint density at radius 3 is 2.35 bits per heavy atom. The molecule has 5 nitrogen and oxygen atoms in total. The van der Waals surface area contributed by atoms with Crippen LogP contribution in [0.25, 0.3) is 10.8 Å². The van der Waals surface area contributed by atoms with Gasteiger partial charge in [0.25, 0.3) is 0 Å². The molecule has 134 valence electrons. The van der Waals surface area contributed by atoms with E-state index in [0.717, 1.165) is 21.3 Å². The normalized spacial score (nSPS) is 11.3. The van der Waals surface area contributed by atoms with Crippen molar-refractivity contribution >= 4 is 54.0 Å². The van der Waals surface area contributed by atoms with Crippen molar-refractivity contribution < 1.29 is 13.2 Å². The van der Waals surface area contributed by atoms with Gasteiger partial charge in [-0.15, -0.1) is 0 Å². The molecule has 3 aromatic rings. The molecule has 0 radical (unpaired) electrons. The number of nitrogens with one attached hydrogen (secondary N) is 1. The van der Waals surface area contributed by atoms with Crippen LogP contribution in [0, 0.1) is 0 Å². The lowest BCUT2D eigenvalue weighted by atomic mass is 10.1. The monoisotopic (exact) mass is 432 g/mol. The predicted molar refractivity (Wildman–Crippen MR) is 109 cm³/mol. The first-order valence-corrected chi connectivity index (χ1v) is 10.5. The van der Waals surface area contributed by atoms with Crippen molar-refractivity contribution in [3.05, 3.63) is 71.2 Å². The molecule has 0 aromatic heterocycles. The van der Waals surface area contributed by atoms with Gasteiger partial charge in [0, 0.05) is 10.2 Å². The van der Waals surface area contributed by atoms with E-state index >= 15 is 0 Å². The van der Waals surface area contributed by atoms with Crippen LogP contribution in [0.2, 0.25) is 0 Å². The molecule has 1 N–H and O–H groups in total. The van der Waals surface area contributed by atoms with Gasteiger partial charge in [-0.3, -0.25) is 9.10 Å². The van der Waals surface area contributed by atoms with Crippen molar-refractivity contribution in [2.45, 2.75) is 0 Å². The molecule has 0 aliphatic carbocycles. The maximum atomic E-state index is 12.5. The second kappa shape index (κ2) is 7.47. The van der Waals surface area contributed by atoms with E-state index in [-0.39, 0.29) is 6.54 Å². The minimum Gasteiger partial charge on any atom is -0.324 e. The number of nitrogens with zero attached hydrogens (tertiary/aromatic N) is 1. The molecule has 0 heterocycles. The van der Waals surface area contributed by atoms with Gasteiger partial charge in [-0.25, -0.2) is 8.42 Å². The van der Waals surface area contributed by atoms with Gasteiger partial charge in [-0.2, -0.15) is 0 Å². The van der Waals surface area contributed by atoms with Crippen LogP contribution in [0.3, 0.4) is 0 Å². The molecule has 0 unspecified atom stereocenters. The van der Waals surface area contributed by atoms with E-state index < -0.39 is 15.9 Å². The minimum absolute atomic E-state index is 0.311. The van der Waals surface area contributed by atoms with E-state index in [4.69, 9.17) is 0 Å². The number of fused-ring (bicyclic) bond motifs is 1. The van der Waals surface area contributed by atoms with Gasteiger partial charge >= 0.3 is 0 Å². The topological polar surface area (TPSA) is 66.5 Å². The van der Waals surface area contributed by atoms with E-state index in [1.165, 1.54) is 0 Å². The first kappa shape index (κ1) is 18.4. The molecule has 3 rings (SSSR count). The van der Waals surface area contributed by atoms with Crippen molar-refractivity contribution in [2.75, 3.05) is 22.4 Å². The Morgan fingerprint density at radius 1 is 1.00 bits per heavy atom. The number of benzene rings is 3. The van der Waals surface area contributed by atoms with Crippen LogP contribution in [0.5, 0.6) is 0 Å². The van der Waals surface area contributed by atoms with Gasteiger partial charge < -0.3 is 5.32 Å². The Balaban J connectivity index is 1.82. The number of anilines is 2. The molecule has 3 aromatic carbocycles. The fraction of sp³-hybridized carbons (Fsp3) is 0.105. The van der Waals surface area contributed by atoms with Gasteiger partial charge in [0.1, 0.15) is 6.54 Å². The fourth-order valence-corrected chi connectivity index (χ4v) is 4.12. The highest BCUT2D eigenvalue weighted by molar-refractivity contribution is 9.10. The zero-order chi connectivity index (χ0) is 18.7. The summed E-state index contributed by atoms with van der Waals surface area (Å²) in [7, 11) is -3.62. The molecule has 0 aliphatic heterocycles. The van der Waals surface area contributed by atoms with Crippen molar-refractivity contribution in [1.82, 2.24) is 0 Å². The summed E-state index contributed by atoms with van der Waals surface area (Å²) in [6.07, 6.45) is 1.08. The summed E-state index contributed by atoms with van der Waals surface area (Å²) in [4.78, 5) is 12.5. The van der Waals surface area contributed by atoms with Crippen molar-refractivity contribution in [1.29, 1.82) is 0 Å². The molecule has 0 bridgehead atoms. The zero-order valence-electron chi connectivity index (χ0n) is 14.0. The number of carbonyl (C=O) groups excluding carboxylic acids is 1. The second-order valence-electron chi connectivity index (χ2n) is 5.83. The highest BCUT2D eigenvalue weighted by Crippen LogP contribution is 2.27. The Labute approximate surface area is 160 Å². The van der Waals surface area contributed by atoms with Crippen molar-refractivity contribution in [3.63, 3.8) is 0 Å². The number of amides is 1. The molecule has 1 amide bonds. The number of rotatable bonds is 5. The summed E-state index contributed by atoms with van der Waals surface area (Å²) < 4.78 is 26.0. The predicted octanol–water partition coefficient (Wildman–Crippen LogP) is 4.01. The Morgan fingerprint density at radius 2 is 1.65 bits per heavy atom. The summed E-state index contributed by atoms with van der Waals surface area (Å²) in [5.74, 6) is -0.415. The van der Waals surface area contributed by atoms with Crippen molar-refractivity contribution in [2.24, 2.45) is 0 Å². The van der Waals surface area contributed by atoms with Crippen LogP contribution in [0.15, 0.2) is 71.2 Å². The third-order valence-corrected chi connectivity index (χ3v) is 5.64. The number of hydrogen-bond acceptors (Lipinski definition) is 3. The Kier molecular flexibility index (Phi) is 5.29. The molecule has 26 heavy (non-hydrogen) atoms. The van der Waals surface area contributed by atoms with Crippen LogP contribution in [0.1, 0.15) is 0 Å². The van der Waals surface area contributed by atoms with Crippen molar-refractivity contribution in [3.8, 4) is 0 Å². The molecule has 0 fully saturated rings. The summed E-state index contributed by atoms with van der Waals surface area (Å²) >= 11 is 3.34. The van der Waals surface area contributed by atoms with E-state index in [0.29, 0.717) is 15.8 Å². The molecular weight excluding hydrogens is 416 g/mol. The molecule has 0 spiro atoms. The third-order valence-electron chi connectivity index (χ3n) is 3.84. The third kappa shape index (κ3) is 4.23. The molecule has 0 saturated heterocycles. The van der Waals surface area contributed by atoms with Gasteiger partial charge in [0.05, 0.1) is 11.9 Å². The number of para-hydroxylation sites is 1. The van der Waals surface area contributed by atoms with Crippen LogP contribution in [-0.4, -0.2) is 27.1 Å². The van der Waals surface area contributed by atoms with E-state index in [9.17, 15) is 13.2 Å². The molecule has 0 atom stereocenters. The smallest absolute Gasteiger partial charge is 0.245 e. The van der Waals surface area contributed by atoms with E-state index in [2.05, 4.69) is 21.2 Å². The molecular formula is C19H17BrN2O3S. The number of halogens is 1. The minimum atomic E-state index is -3.62. The van der Waals surface area contributed by atoms with E-state index in [1.54, 1.807) is 30.3 Å². The summed E-state index contributed by atoms with van der Waals surface area (Å²) in [5, 5.41) is 4.83. The Bertz CT molecular complexity index is 1070. The maximum Gasteiger partial charge on any atom is 0.245 e. The van der Waals surface area contributed by atoms with Crippen LogP contribution < -0.4 is 9.62 Å². The van der Waals surface area contributed by atoms with E-state index in [1.807, 2.05) is 36.4 Å². The average molecular weight is 433 g/mol. The van der Waals surface area contributed by atoms with Gasteiger partial charge in [-0.05, 0) is 51.0 Å². The largest absolute Gasteiger partial charge is 0.324 e. The molecule has 7 heteroatoms.